The Balaban J connectivity index is 1.89. The van der Waals surface area contributed by atoms with Gasteiger partial charge in [0, 0.05) is 12.4 Å². The molecule has 1 heterocycles. The molecule has 0 radical (unpaired) electrons. The number of fused-ring (bicyclic) bond motifs is 3. The number of hydrogen-bond donors (Lipinski definition) is 1. The van der Waals surface area contributed by atoms with Crippen molar-refractivity contribution in [2.24, 2.45) is 0 Å². The van der Waals surface area contributed by atoms with Crippen molar-refractivity contribution in [1.29, 1.82) is 0 Å². The number of hydrogen-bond acceptors (Lipinski definition) is 0. The van der Waals surface area contributed by atoms with E-state index in [1.54, 1.807) is 0 Å². The summed E-state index contributed by atoms with van der Waals surface area (Å²) in [4.78, 5) is 3.15. The van der Waals surface area contributed by atoms with E-state index in [4.69, 9.17) is 0 Å². The zero-order valence-electron chi connectivity index (χ0n) is 12.6. The third-order valence-corrected chi connectivity index (χ3v) is 4.61. The van der Waals surface area contributed by atoms with Gasteiger partial charge in [-0.1, -0.05) is 42.5 Å². The Morgan fingerprint density at radius 2 is 1.26 bits per heavy atom. The monoisotopic (exact) mass is 293 g/mol. The van der Waals surface area contributed by atoms with Crippen LogP contribution in [0, 0.1) is 0 Å². The fourth-order valence-corrected chi connectivity index (χ4v) is 3.46. The molecule has 0 aliphatic carbocycles. The van der Waals surface area contributed by atoms with Gasteiger partial charge < -0.3 is 4.98 Å². The maximum absolute atomic E-state index is 3.15. The zero-order chi connectivity index (χ0) is 15.2. The molecule has 1 N–H and O–H groups in total. The highest BCUT2D eigenvalue weighted by molar-refractivity contribution is 6.08. The van der Waals surface area contributed by atoms with E-state index in [-0.39, 0.29) is 0 Å². The van der Waals surface area contributed by atoms with Crippen LogP contribution < -0.4 is 0 Å². The smallest absolute Gasteiger partial charge is 0.00843 e. The van der Waals surface area contributed by atoms with E-state index in [0.717, 1.165) is 0 Å². The summed E-state index contributed by atoms with van der Waals surface area (Å²) in [5.41, 5.74) is 2.51. The predicted octanol–water partition coefficient (Wildman–Crippen LogP) is 6.14. The van der Waals surface area contributed by atoms with Crippen molar-refractivity contribution in [2.45, 2.75) is 0 Å². The summed E-state index contributed by atoms with van der Waals surface area (Å²) >= 11 is 0. The van der Waals surface area contributed by atoms with E-state index in [2.05, 4.69) is 84.0 Å². The van der Waals surface area contributed by atoms with Crippen LogP contribution in [0.5, 0.6) is 0 Å². The largest absolute Gasteiger partial charge is 0.367 e. The molecular weight excluding hydrogens is 278 g/mol. The molecule has 5 aromatic rings. The molecule has 1 aromatic heterocycles. The van der Waals surface area contributed by atoms with Gasteiger partial charge >= 0.3 is 0 Å². The summed E-state index contributed by atoms with van der Waals surface area (Å²) in [6.45, 7) is 0. The van der Waals surface area contributed by atoms with Gasteiger partial charge in [0.05, 0.1) is 0 Å². The molecule has 0 atom stereocenters. The number of aromatic amines is 1. The lowest BCUT2D eigenvalue weighted by Crippen LogP contribution is -1.82. The summed E-state index contributed by atoms with van der Waals surface area (Å²) in [5.74, 6) is 0. The molecule has 23 heavy (non-hydrogen) atoms. The van der Waals surface area contributed by atoms with Crippen LogP contribution in [0.15, 0.2) is 85.2 Å². The number of benzene rings is 4. The van der Waals surface area contributed by atoms with Crippen molar-refractivity contribution in [3.8, 4) is 11.1 Å². The van der Waals surface area contributed by atoms with Gasteiger partial charge in [-0.2, -0.15) is 0 Å². The van der Waals surface area contributed by atoms with Crippen LogP contribution in [-0.2, 0) is 0 Å². The van der Waals surface area contributed by atoms with Crippen LogP contribution in [0.25, 0.3) is 43.4 Å². The molecule has 0 aliphatic rings. The standard InChI is InChI=1S/C22H15N/c1-2-5-16-11-20-13-22-17(12-19(20)10-15(16)4-1)6-3-7-21(22)18-8-9-23-14-18/h1-14,23H. The predicted molar refractivity (Wildman–Crippen MR) is 98.7 cm³/mol. The Labute approximate surface area is 134 Å². The lowest BCUT2D eigenvalue weighted by Gasteiger charge is -2.08. The van der Waals surface area contributed by atoms with Gasteiger partial charge in [-0.3, -0.25) is 0 Å². The summed E-state index contributed by atoms with van der Waals surface area (Å²) in [6, 6.07) is 26.4. The number of aromatic nitrogens is 1. The maximum atomic E-state index is 3.15. The highest BCUT2D eigenvalue weighted by Gasteiger charge is 2.06. The first kappa shape index (κ1) is 12.5. The number of rotatable bonds is 1. The molecule has 0 fully saturated rings. The van der Waals surface area contributed by atoms with Crippen molar-refractivity contribution in [3.05, 3.63) is 85.2 Å². The van der Waals surface area contributed by atoms with Gasteiger partial charge in [0.1, 0.15) is 0 Å². The normalized spacial score (nSPS) is 11.5. The fraction of sp³-hybridized carbons (Fsp3) is 0. The molecule has 0 saturated carbocycles. The van der Waals surface area contributed by atoms with Gasteiger partial charge in [-0.15, -0.1) is 0 Å². The number of H-pyrrole nitrogens is 1. The molecule has 0 aliphatic heterocycles. The average molecular weight is 293 g/mol. The average Bonchev–Trinajstić information content (AvgIpc) is 3.12. The summed E-state index contributed by atoms with van der Waals surface area (Å²) in [7, 11) is 0. The van der Waals surface area contributed by atoms with Gasteiger partial charge in [0.15, 0.2) is 0 Å². The molecule has 1 nitrogen and oxygen atoms in total. The van der Waals surface area contributed by atoms with Gasteiger partial charge in [0.2, 0.25) is 0 Å². The van der Waals surface area contributed by atoms with Crippen molar-refractivity contribution in [3.63, 3.8) is 0 Å². The Morgan fingerprint density at radius 3 is 2.00 bits per heavy atom. The summed E-state index contributed by atoms with van der Waals surface area (Å²) in [6.07, 6.45) is 4.03. The lowest BCUT2D eigenvalue weighted by atomic mass is 9.95. The van der Waals surface area contributed by atoms with Gasteiger partial charge in [0.25, 0.3) is 0 Å². The van der Waals surface area contributed by atoms with Crippen LogP contribution in [0.1, 0.15) is 0 Å². The molecule has 4 aromatic carbocycles. The number of nitrogens with one attached hydrogen (secondary N) is 1. The molecule has 0 bridgehead atoms. The Hall–Kier alpha value is -3.06. The third-order valence-electron chi connectivity index (χ3n) is 4.61. The fourth-order valence-electron chi connectivity index (χ4n) is 3.46. The molecular formula is C22H15N. The van der Waals surface area contributed by atoms with Gasteiger partial charge in [-0.25, -0.2) is 0 Å². The van der Waals surface area contributed by atoms with Crippen LogP contribution in [0.2, 0.25) is 0 Å². The minimum Gasteiger partial charge on any atom is -0.367 e. The molecule has 0 amide bonds. The summed E-state index contributed by atoms with van der Waals surface area (Å²) in [5, 5.41) is 7.75. The first-order chi connectivity index (χ1) is 11.4. The van der Waals surface area contributed by atoms with Crippen LogP contribution in [0.4, 0.5) is 0 Å². The van der Waals surface area contributed by atoms with Crippen LogP contribution >= 0.6 is 0 Å². The maximum Gasteiger partial charge on any atom is 0.00843 e. The van der Waals surface area contributed by atoms with E-state index < -0.39 is 0 Å². The van der Waals surface area contributed by atoms with E-state index in [1.807, 2.05) is 6.20 Å². The van der Waals surface area contributed by atoms with E-state index in [9.17, 15) is 0 Å². The van der Waals surface area contributed by atoms with Crippen molar-refractivity contribution >= 4 is 32.3 Å². The molecule has 0 spiro atoms. The second kappa shape index (κ2) is 4.72. The van der Waals surface area contributed by atoms with Crippen molar-refractivity contribution in [1.82, 2.24) is 4.98 Å². The topological polar surface area (TPSA) is 15.8 Å². The van der Waals surface area contributed by atoms with Crippen molar-refractivity contribution in [2.75, 3.05) is 0 Å². The Morgan fingerprint density at radius 1 is 0.565 bits per heavy atom. The molecule has 0 unspecified atom stereocenters. The highest BCUT2D eigenvalue weighted by atomic mass is 14.6. The van der Waals surface area contributed by atoms with Crippen molar-refractivity contribution < 1.29 is 0 Å². The molecule has 108 valence electrons. The van der Waals surface area contributed by atoms with E-state index >= 15 is 0 Å². The third kappa shape index (κ3) is 1.94. The van der Waals surface area contributed by atoms with E-state index in [1.165, 1.54) is 43.4 Å². The minimum atomic E-state index is 1.23. The van der Waals surface area contributed by atoms with E-state index in [0.29, 0.717) is 0 Å². The zero-order valence-corrected chi connectivity index (χ0v) is 12.6. The Kier molecular flexibility index (Phi) is 2.56. The van der Waals surface area contributed by atoms with Crippen LogP contribution in [-0.4, -0.2) is 4.98 Å². The minimum absolute atomic E-state index is 1.23. The van der Waals surface area contributed by atoms with Crippen LogP contribution in [0.3, 0.4) is 0 Å². The van der Waals surface area contributed by atoms with Gasteiger partial charge in [-0.05, 0) is 73.8 Å². The second-order valence-corrected chi connectivity index (χ2v) is 6.03. The molecule has 1 heteroatoms. The first-order valence-corrected chi connectivity index (χ1v) is 7.87. The lowest BCUT2D eigenvalue weighted by molar-refractivity contribution is 1.41. The second-order valence-electron chi connectivity index (χ2n) is 6.03. The molecule has 0 saturated heterocycles. The quantitative estimate of drug-likeness (QED) is 0.357. The highest BCUT2D eigenvalue weighted by Crippen LogP contribution is 2.33. The SMILES string of the molecule is c1ccc2cc3cc4c(-c5cc[nH]c5)cccc4cc3cc2c1. The first-order valence-electron chi connectivity index (χ1n) is 7.87. The summed E-state index contributed by atoms with van der Waals surface area (Å²) < 4.78 is 0. The Bertz CT molecular complexity index is 1150. The molecule has 5 rings (SSSR count).